The van der Waals surface area contributed by atoms with E-state index in [4.69, 9.17) is 23.2 Å². The number of aromatic nitrogens is 2. The Kier molecular flexibility index (Phi) is 2.77. The molecule has 0 bridgehead atoms. The van der Waals surface area contributed by atoms with E-state index in [-0.39, 0.29) is 0 Å². The Bertz CT molecular complexity index is 711. The first-order valence-corrected chi connectivity index (χ1v) is 6.31. The zero-order valence-corrected chi connectivity index (χ0v) is 11.2. The van der Waals surface area contributed by atoms with Gasteiger partial charge in [-0.15, -0.1) is 0 Å². The molecule has 0 aliphatic carbocycles. The molecule has 0 radical (unpaired) electrons. The lowest BCUT2D eigenvalue weighted by Gasteiger charge is -2.02. The van der Waals surface area contributed by atoms with Crippen LogP contribution in [0.2, 0.25) is 10.0 Å². The largest absolute Gasteiger partial charge is 0.304 e. The number of hydrogen-bond acceptors (Lipinski definition) is 1. The third kappa shape index (κ3) is 1.78. The van der Waals surface area contributed by atoms with E-state index in [1.54, 1.807) is 0 Å². The summed E-state index contributed by atoms with van der Waals surface area (Å²) in [6, 6.07) is 11.4. The molecular weight excluding hydrogens is 267 g/mol. The molecule has 0 aliphatic rings. The van der Waals surface area contributed by atoms with Gasteiger partial charge in [-0.05, 0) is 31.2 Å². The molecule has 90 valence electrons. The van der Waals surface area contributed by atoms with Gasteiger partial charge in [0.2, 0.25) is 0 Å². The predicted octanol–water partition coefficient (Wildman–Crippen LogP) is 4.62. The molecule has 2 aromatic heterocycles. The lowest BCUT2D eigenvalue weighted by Crippen LogP contribution is -1.86. The van der Waals surface area contributed by atoms with Gasteiger partial charge in [-0.2, -0.15) is 0 Å². The summed E-state index contributed by atoms with van der Waals surface area (Å²) in [6.45, 7) is 2.03. The van der Waals surface area contributed by atoms with Gasteiger partial charge in [0.15, 0.2) is 0 Å². The van der Waals surface area contributed by atoms with Crippen molar-refractivity contribution in [3.8, 4) is 11.3 Å². The summed E-state index contributed by atoms with van der Waals surface area (Å²) in [4.78, 5) is 4.56. The maximum atomic E-state index is 6.20. The molecule has 0 saturated heterocycles. The maximum Gasteiger partial charge on any atom is 0.137 e. The summed E-state index contributed by atoms with van der Waals surface area (Å²) in [6.07, 6.45) is 1.96. The predicted molar refractivity (Wildman–Crippen MR) is 75.4 cm³/mol. The lowest BCUT2D eigenvalue weighted by molar-refractivity contribution is 1.09. The van der Waals surface area contributed by atoms with Crippen molar-refractivity contribution in [3.05, 3.63) is 58.3 Å². The number of imidazole rings is 1. The molecule has 0 saturated carbocycles. The van der Waals surface area contributed by atoms with Crippen LogP contribution >= 0.6 is 23.2 Å². The topological polar surface area (TPSA) is 17.3 Å². The highest BCUT2D eigenvalue weighted by Crippen LogP contribution is 2.34. The second kappa shape index (κ2) is 4.30. The number of halogens is 2. The highest BCUT2D eigenvalue weighted by molar-refractivity contribution is 6.39. The van der Waals surface area contributed by atoms with Crippen LogP contribution in [0.15, 0.2) is 42.6 Å². The Balaban J connectivity index is 2.30. The fourth-order valence-corrected chi connectivity index (χ4v) is 2.60. The van der Waals surface area contributed by atoms with Crippen LogP contribution in [0.4, 0.5) is 0 Å². The molecule has 3 rings (SSSR count). The van der Waals surface area contributed by atoms with Crippen LogP contribution < -0.4 is 0 Å². The molecule has 2 heterocycles. The minimum absolute atomic E-state index is 0.614. The molecule has 18 heavy (non-hydrogen) atoms. The van der Waals surface area contributed by atoms with Crippen molar-refractivity contribution in [1.29, 1.82) is 0 Å². The molecule has 0 aliphatic heterocycles. The minimum Gasteiger partial charge on any atom is -0.304 e. The molecule has 0 N–H and O–H groups in total. The van der Waals surface area contributed by atoms with Gasteiger partial charge in [-0.1, -0.05) is 35.3 Å². The summed E-state index contributed by atoms with van der Waals surface area (Å²) < 4.78 is 2.02. The number of nitrogens with zero attached hydrogens (tertiary/aromatic N) is 2. The zero-order valence-electron chi connectivity index (χ0n) is 9.69. The molecular formula is C14H10Cl2N2. The number of fused-ring (bicyclic) bond motifs is 1. The van der Waals surface area contributed by atoms with Crippen LogP contribution in [-0.4, -0.2) is 9.38 Å². The average Bonchev–Trinajstić information content (AvgIpc) is 2.74. The molecule has 0 amide bonds. The van der Waals surface area contributed by atoms with Crippen LogP contribution in [0, 0.1) is 6.92 Å². The van der Waals surface area contributed by atoms with Crippen molar-refractivity contribution in [2.45, 2.75) is 6.92 Å². The van der Waals surface area contributed by atoms with Gasteiger partial charge in [0, 0.05) is 17.5 Å². The van der Waals surface area contributed by atoms with Crippen LogP contribution in [0.5, 0.6) is 0 Å². The summed E-state index contributed by atoms with van der Waals surface area (Å²) >= 11 is 12.4. The zero-order chi connectivity index (χ0) is 12.7. The standard InChI is InChI=1S/C14H10Cl2N2/c1-9-4-2-7-13-17-12(8-18(9)13)14-10(15)5-3-6-11(14)16/h2-8H,1H3. The fraction of sp³-hybridized carbons (Fsp3) is 0.0714. The Labute approximate surface area is 115 Å². The smallest absolute Gasteiger partial charge is 0.137 e. The van der Waals surface area contributed by atoms with Crippen molar-refractivity contribution >= 4 is 28.8 Å². The number of rotatable bonds is 1. The van der Waals surface area contributed by atoms with E-state index in [0.717, 1.165) is 22.6 Å². The minimum atomic E-state index is 0.614. The third-order valence-electron chi connectivity index (χ3n) is 2.91. The van der Waals surface area contributed by atoms with E-state index in [9.17, 15) is 0 Å². The molecule has 0 unspecified atom stereocenters. The molecule has 2 nitrogen and oxygen atoms in total. The normalized spacial score (nSPS) is 11.1. The number of hydrogen-bond donors (Lipinski definition) is 0. The summed E-state index contributed by atoms with van der Waals surface area (Å²) in [5.41, 5.74) is 3.58. The Morgan fingerprint density at radius 2 is 1.67 bits per heavy atom. The van der Waals surface area contributed by atoms with Gasteiger partial charge in [0.05, 0.1) is 15.7 Å². The highest BCUT2D eigenvalue weighted by atomic mass is 35.5. The summed E-state index contributed by atoms with van der Waals surface area (Å²) in [7, 11) is 0. The van der Waals surface area contributed by atoms with Crippen LogP contribution in [0.25, 0.3) is 16.9 Å². The molecule has 0 atom stereocenters. The SMILES string of the molecule is Cc1cccc2nc(-c3c(Cl)cccc3Cl)cn12. The molecule has 0 fully saturated rings. The van der Waals surface area contributed by atoms with Gasteiger partial charge in [0.1, 0.15) is 5.65 Å². The van der Waals surface area contributed by atoms with Crippen molar-refractivity contribution in [2.75, 3.05) is 0 Å². The first-order chi connectivity index (χ1) is 8.66. The van der Waals surface area contributed by atoms with Crippen LogP contribution in [-0.2, 0) is 0 Å². The molecule has 4 heteroatoms. The van der Waals surface area contributed by atoms with Gasteiger partial charge in [-0.25, -0.2) is 4.98 Å². The Morgan fingerprint density at radius 3 is 2.33 bits per heavy atom. The fourth-order valence-electron chi connectivity index (χ4n) is 2.01. The van der Waals surface area contributed by atoms with E-state index in [0.29, 0.717) is 10.0 Å². The van der Waals surface area contributed by atoms with E-state index < -0.39 is 0 Å². The second-order valence-electron chi connectivity index (χ2n) is 4.12. The van der Waals surface area contributed by atoms with Gasteiger partial charge < -0.3 is 4.40 Å². The first-order valence-electron chi connectivity index (χ1n) is 5.56. The van der Waals surface area contributed by atoms with E-state index in [1.807, 2.05) is 53.9 Å². The summed E-state index contributed by atoms with van der Waals surface area (Å²) in [5, 5.41) is 1.23. The Morgan fingerprint density at radius 1 is 1.00 bits per heavy atom. The lowest BCUT2D eigenvalue weighted by atomic mass is 10.2. The van der Waals surface area contributed by atoms with Crippen molar-refractivity contribution in [1.82, 2.24) is 9.38 Å². The molecule has 1 aromatic carbocycles. The highest BCUT2D eigenvalue weighted by Gasteiger charge is 2.12. The maximum absolute atomic E-state index is 6.20. The van der Waals surface area contributed by atoms with Crippen molar-refractivity contribution < 1.29 is 0 Å². The molecule has 0 spiro atoms. The van der Waals surface area contributed by atoms with Gasteiger partial charge >= 0.3 is 0 Å². The Hall–Kier alpha value is -1.51. The van der Waals surface area contributed by atoms with Crippen molar-refractivity contribution in [3.63, 3.8) is 0 Å². The summed E-state index contributed by atoms with van der Waals surface area (Å²) in [5.74, 6) is 0. The first kappa shape index (κ1) is 11.6. The second-order valence-corrected chi connectivity index (χ2v) is 4.93. The van der Waals surface area contributed by atoms with Crippen molar-refractivity contribution in [2.24, 2.45) is 0 Å². The van der Waals surface area contributed by atoms with E-state index in [2.05, 4.69) is 4.98 Å². The number of benzene rings is 1. The van der Waals surface area contributed by atoms with Crippen LogP contribution in [0.1, 0.15) is 5.69 Å². The van der Waals surface area contributed by atoms with E-state index in [1.165, 1.54) is 0 Å². The average molecular weight is 277 g/mol. The van der Waals surface area contributed by atoms with Gasteiger partial charge in [-0.3, -0.25) is 0 Å². The number of aryl methyl sites for hydroxylation is 1. The monoisotopic (exact) mass is 276 g/mol. The third-order valence-corrected chi connectivity index (χ3v) is 3.54. The quantitative estimate of drug-likeness (QED) is 0.634. The molecule has 3 aromatic rings. The van der Waals surface area contributed by atoms with E-state index >= 15 is 0 Å². The van der Waals surface area contributed by atoms with Gasteiger partial charge in [0.25, 0.3) is 0 Å². The van der Waals surface area contributed by atoms with Crippen LogP contribution in [0.3, 0.4) is 0 Å². The number of pyridine rings is 1.